The molecule has 0 aliphatic heterocycles. The summed E-state index contributed by atoms with van der Waals surface area (Å²) in [6.45, 7) is 0.460. The Morgan fingerprint density at radius 2 is 2.32 bits per heavy atom. The fourth-order valence-corrected chi connectivity index (χ4v) is 1.99. The normalized spacial score (nSPS) is 10.7. The van der Waals surface area contributed by atoms with Crippen LogP contribution in [0, 0.1) is 0 Å². The van der Waals surface area contributed by atoms with Gasteiger partial charge < -0.3 is 15.3 Å². The van der Waals surface area contributed by atoms with E-state index in [4.69, 9.17) is 0 Å². The molecule has 0 aromatic carbocycles. The number of rotatable bonds is 5. The largest absolute Gasteiger partial charge is 0.390 e. The van der Waals surface area contributed by atoms with Crippen molar-refractivity contribution in [3.8, 4) is 0 Å². The number of aliphatic hydroxyl groups excluding tert-OH is 1. The molecule has 102 valence electrons. The van der Waals surface area contributed by atoms with Crippen molar-refractivity contribution in [1.29, 1.82) is 0 Å². The van der Waals surface area contributed by atoms with Crippen molar-refractivity contribution in [2.45, 2.75) is 13.0 Å². The van der Waals surface area contributed by atoms with Crippen molar-refractivity contribution >= 4 is 17.4 Å². The first-order chi connectivity index (χ1) is 9.17. The fraction of sp³-hybridized carbons (Fsp3) is 0.385. The first-order valence-corrected chi connectivity index (χ1v) is 6.16. The minimum absolute atomic E-state index is 0.0128. The van der Waals surface area contributed by atoms with Gasteiger partial charge in [-0.2, -0.15) is 0 Å². The van der Waals surface area contributed by atoms with Crippen LogP contribution in [0.3, 0.4) is 0 Å². The lowest BCUT2D eigenvalue weighted by atomic mass is 10.3. The summed E-state index contributed by atoms with van der Waals surface area (Å²) >= 11 is 0. The van der Waals surface area contributed by atoms with Crippen LogP contribution >= 0.6 is 0 Å². The van der Waals surface area contributed by atoms with Crippen LogP contribution in [0.25, 0.3) is 5.65 Å². The van der Waals surface area contributed by atoms with Crippen LogP contribution in [0.15, 0.2) is 24.4 Å². The third-order valence-corrected chi connectivity index (χ3v) is 3.07. The Morgan fingerprint density at radius 1 is 1.53 bits per heavy atom. The van der Waals surface area contributed by atoms with Gasteiger partial charge in [0.15, 0.2) is 5.82 Å². The number of anilines is 1. The highest BCUT2D eigenvalue weighted by atomic mass is 16.3. The van der Waals surface area contributed by atoms with E-state index in [-0.39, 0.29) is 12.5 Å². The lowest BCUT2D eigenvalue weighted by molar-refractivity contribution is -0.120. The van der Waals surface area contributed by atoms with Crippen molar-refractivity contribution in [1.82, 2.24) is 14.7 Å². The molecule has 2 N–H and O–H groups in total. The summed E-state index contributed by atoms with van der Waals surface area (Å²) in [5.41, 5.74) is 1.52. The summed E-state index contributed by atoms with van der Waals surface area (Å²) in [6.07, 6.45) is 2.26. The summed E-state index contributed by atoms with van der Waals surface area (Å²) in [7, 11) is 3.48. The number of hydrogen-bond acceptors (Lipinski definition) is 4. The van der Waals surface area contributed by atoms with Crippen molar-refractivity contribution < 1.29 is 9.90 Å². The molecule has 0 aliphatic carbocycles. The number of imidazole rings is 1. The van der Waals surface area contributed by atoms with Gasteiger partial charge in [0.05, 0.1) is 12.3 Å². The minimum Gasteiger partial charge on any atom is -0.390 e. The first kappa shape index (κ1) is 13.4. The molecular weight excluding hydrogens is 244 g/mol. The van der Waals surface area contributed by atoms with E-state index in [1.165, 1.54) is 0 Å². The molecule has 6 heteroatoms. The quantitative estimate of drug-likeness (QED) is 0.818. The minimum atomic E-state index is -0.0924. The highest BCUT2D eigenvalue weighted by molar-refractivity contribution is 5.76. The molecule has 0 radical (unpaired) electrons. The molecule has 0 unspecified atom stereocenters. The molecule has 0 atom stereocenters. The van der Waals surface area contributed by atoms with E-state index in [2.05, 4.69) is 10.3 Å². The molecule has 19 heavy (non-hydrogen) atoms. The van der Waals surface area contributed by atoms with Gasteiger partial charge in [-0.1, -0.05) is 6.07 Å². The zero-order valence-electron chi connectivity index (χ0n) is 11.1. The molecule has 1 amide bonds. The van der Waals surface area contributed by atoms with Crippen molar-refractivity contribution in [3.05, 3.63) is 30.1 Å². The second-order valence-corrected chi connectivity index (χ2v) is 4.31. The zero-order valence-corrected chi connectivity index (χ0v) is 11.1. The van der Waals surface area contributed by atoms with E-state index in [1.54, 1.807) is 7.05 Å². The molecule has 2 aromatic rings. The summed E-state index contributed by atoms with van der Waals surface area (Å²) in [5, 5.41) is 12.1. The first-order valence-electron chi connectivity index (χ1n) is 6.16. The molecule has 0 spiro atoms. The number of carbonyl (C=O) groups excluding carboxylic acids is 1. The standard InChI is InChI=1S/C13H18N4O2/c1-14-12(19)6-8-16(2)13-10(9-18)17-7-4-3-5-11(17)15-13/h3-5,7,18H,6,8-9H2,1-2H3,(H,14,19). The molecule has 2 rings (SSSR count). The number of amides is 1. The van der Waals surface area contributed by atoms with E-state index >= 15 is 0 Å². The fourth-order valence-electron chi connectivity index (χ4n) is 1.99. The molecule has 2 aromatic heterocycles. The lowest BCUT2D eigenvalue weighted by Crippen LogP contribution is -2.27. The van der Waals surface area contributed by atoms with E-state index in [0.717, 1.165) is 11.3 Å². The van der Waals surface area contributed by atoms with Crippen LogP contribution in [-0.2, 0) is 11.4 Å². The lowest BCUT2D eigenvalue weighted by Gasteiger charge is -2.17. The van der Waals surface area contributed by atoms with Crippen LogP contribution in [0.1, 0.15) is 12.1 Å². The highest BCUT2D eigenvalue weighted by Crippen LogP contribution is 2.20. The van der Waals surface area contributed by atoms with Gasteiger partial charge in [0, 0.05) is 33.3 Å². The maximum Gasteiger partial charge on any atom is 0.221 e. The summed E-state index contributed by atoms with van der Waals surface area (Å²) in [6, 6.07) is 5.68. The average Bonchev–Trinajstić information content (AvgIpc) is 2.82. The number of nitrogens with one attached hydrogen (secondary N) is 1. The van der Waals surface area contributed by atoms with E-state index in [9.17, 15) is 9.90 Å². The highest BCUT2D eigenvalue weighted by Gasteiger charge is 2.15. The number of pyridine rings is 1. The number of nitrogens with zero attached hydrogens (tertiary/aromatic N) is 3. The van der Waals surface area contributed by atoms with Crippen LogP contribution in [-0.4, -0.2) is 41.0 Å². The number of carbonyl (C=O) groups is 1. The maximum absolute atomic E-state index is 11.3. The van der Waals surface area contributed by atoms with Gasteiger partial charge in [-0.25, -0.2) is 4.98 Å². The number of hydrogen-bond donors (Lipinski definition) is 2. The van der Waals surface area contributed by atoms with Crippen LogP contribution in [0.4, 0.5) is 5.82 Å². The molecule has 0 saturated carbocycles. The summed E-state index contributed by atoms with van der Waals surface area (Å²) in [4.78, 5) is 17.6. The topological polar surface area (TPSA) is 69.9 Å². The number of fused-ring (bicyclic) bond motifs is 1. The third-order valence-electron chi connectivity index (χ3n) is 3.07. The zero-order chi connectivity index (χ0) is 13.8. The van der Waals surface area contributed by atoms with Gasteiger partial charge in [0.1, 0.15) is 5.65 Å². The third kappa shape index (κ3) is 2.68. The van der Waals surface area contributed by atoms with E-state index in [0.29, 0.717) is 18.8 Å². The Morgan fingerprint density at radius 3 is 3.00 bits per heavy atom. The van der Waals surface area contributed by atoms with Gasteiger partial charge in [-0.05, 0) is 12.1 Å². The van der Waals surface area contributed by atoms with Crippen molar-refractivity contribution in [2.24, 2.45) is 0 Å². The Kier molecular flexibility index (Phi) is 4.01. The van der Waals surface area contributed by atoms with Crippen molar-refractivity contribution in [3.63, 3.8) is 0 Å². The summed E-state index contributed by atoms with van der Waals surface area (Å²) in [5.74, 6) is 0.693. The molecule has 0 bridgehead atoms. The van der Waals surface area contributed by atoms with Crippen molar-refractivity contribution in [2.75, 3.05) is 25.5 Å². The molecular formula is C13H18N4O2. The van der Waals surface area contributed by atoms with E-state index in [1.807, 2.05) is 40.7 Å². The smallest absolute Gasteiger partial charge is 0.221 e. The predicted octanol–water partition coefficient (Wildman–Crippen LogP) is 0.399. The number of aromatic nitrogens is 2. The van der Waals surface area contributed by atoms with Gasteiger partial charge in [-0.15, -0.1) is 0 Å². The Labute approximate surface area is 111 Å². The second kappa shape index (κ2) is 5.71. The van der Waals surface area contributed by atoms with E-state index < -0.39 is 0 Å². The van der Waals surface area contributed by atoms with Gasteiger partial charge in [-0.3, -0.25) is 9.20 Å². The van der Waals surface area contributed by atoms with Crippen LogP contribution < -0.4 is 10.2 Å². The summed E-state index contributed by atoms with van der Waals surface area (Å²) < 4.78 is 1.85. The molecule has 2 heterocycles. The Hall–Kier alpha value is -2.08. The predicted molar refractivity (Wildman–Crippen MR) is 73.1 cm³/mol. The SMILES string of the molecule is CNC(=O)CCN(C)c1nc2ccccn2c1CO. The van der Waals surface area contributed by atoms with Gasteiger partial charge in [0.25, 0.3) is 0 Å². The maximum atomic E-state index is 11.3. The van der Waals surface area contributed by atoms with Gasteiger partial charge in [0.2, 0.25) is 5.91 Å². The number of aliphatic hydroxyl groups is 1. The molecule has 6 nitrogen and oxygen atoms in total. The molecule has 0 aliphatic rings. The monoisotopic (exact) mass is 262 g/mol. The Balaban J connectivity index is 2.26. The van der Waals surface area contributed by atoms with Gasteiger partial charge >= 0.3 is 0 Å². The molecule has 0 fully saturated rings. The second-order valence-electron chi connectivity index (χ2n) is 4.31. The van der Waals surface area contributed by atoms with Crippen LogP contribution in [0.5, 0.6) is 0 Å². The van der Waals surface area contributed by atoms with Crippen LogP contribution in [0.2, 0.25) is 0 Å². The average molecular weight is 262 g/mol. The molecule has 0 saturated heterocycles. The Bertz CT molecular complexity index is 579.